The van der Waals surface area contributed by atoms with E-state index in [1.165, 1.54) is 0 Å². The van der Waals surface area contributed by atoms with Crippen LogP contribution in [0.1, 0.15) is 42.6 Å². The Balaban J connectivity index is 1.36. The van der Waals surface area contributed by atoms with Gasteiger partial charge < -0.3 is 20.4 Å². The van der Waals surface area contributed by atoms with Gasteiger partial charge in [0.25, 0.3) is 5.91 Å². The molecular weight excluding hydrogens is 447 g/mol. The molecule has 1 saturated carbocycles. The second-order valence-corrected chi connectivity index (χ2v) is 9.56. The third-order valence-electron chi connectivity index (χ3n) is 6.60. The summed E-state index contributed by atoms with van der Waals surface area (Å²) in [6, 6.07) is 12.8. The molecule has 180 valence electrons. The number of likely N-dealkylation sites (N-methyl/N-ethyl adjacent to an activating group) is 1. The van der Waals surface area contributed by atoms with Gasteiger partial charge in [-0.05, 0) is 74.7 Å². The van der Waals surface area contributed by atoms with Crippen LogP contribution in [-0.4, -0.2) is 41.9 Å². The molecule has 0 spiro atoms. The van der Waals surface area contributed by atoms with Crippen LogP contribution in [0.5, 0.6) is 0 Å². The molecule has 2 aliphatic rings. The van der Waals surface area contributed by atoms with Gasteiger partial charge in [0, 0.05) is 42.8 Å². The predicted octanol–water partition coefficient (Wildman–Crippen LogP) is 4.27. The third kappa shape index (κ3) is 4.18. The van der Waals surface area contributed by atoms with E-state index in [1.807, 2.05) is 32.0 Å². The van der Waals surface area contributed by atoms with E-state index >= 15 is 0 Å². The number of fused-ring (bicyclic) bond motifs is 1. The summed E-state index contributed by atoms with van der Waals surface area (Å²) in [7, 11) is 3.47. The molecule has 2 heterocycles. The summed E-state index contributed by atoms with van der Waals surface area (Å²) in [4.78, 5) is 36.5. The van der Waals surface area contributed by atoms with E-state index in [2.05, 4.69) is 20.6 Å². The van der Waals surface area contributed by atoms with Crippen LogP contribution in [0.15, 0.2) is 48.7 Å². The van der Waals surface area contributed by atoms with E-state index in [0.29, 0.717) is 16.9 Å². The number of halogens is 1. The molecular formula is C26H27FN6O2. The lowest BCUT2D eigenvalue weighted by Gasteiger charge is -2.20. The molecule has 5 rings (SSSR count). The molecule has 1 fully saturated rings. The smallest absolute Gasteiger partial charge is 0.251 e. The molecule has 0 bridgehead atoms. The number of hydrogen-bond acceptors (Lipinski definition) is 6. The van der Waals surface area contributed by atoms with Crippen LogP contribution in [0.25, 0.3) is 0 Å². The Bertz CT molecular complexity index is 1320. The van der Waals surface area contributed by atoms with Crippen LogP contribution in [-0.2, 0) is 10.2 Å². The molecule has 2 aromatic carbocycles. The van der Waals surface area contributed by atoms with Gasteiger partial charge in [-0.1, -0.05) is 0 Å². The van der Waals surface area contributed by atoms with Crippen molar-refractivity contribution in [1.82, 2.24) is 15.3 Å². The van der Waals surface area contributed by atoms with Gasteiger partial charge in [0.15, 0.2) is 11.6 Å². The number of carbonyl (C=O) groups excluding carboxylic acids is 2. The minimum Gasteiger partial charge on any atom is -0.349 e. The maximum Gasteiger partial charge on any atom is 0.251 e. The lowest BCUT2D eigenvalue weighted by molar-refractivity contribution is -0.121. The number of benzene rings is 2. The Morgan fingerprint density at radius 2 is 1.89 bits per heavy atom. The van der Waals surface area contributed by atoms with Crippen molar-refractivity contribution in [3.05, 3.63) is 65.6 Å². The molecule has 0 saturated heterocycles. The molecule has 2 amide bonds. The fraction of sp³-hybridized carbons (Fsp3) is 0.308. The van der Waals surface area contributed by atoms with Gasteiger partial charge in [0.05, 0.1) is 11.6 Å². The van der Waals surface area contributed by atoms with Crippen molar-refractivity contribution < 1.29 is 14.0 Å². The predicted molar refractivity (Wildman–Crippen MR) is 133 cm³/mol. The highest BCUT2D eigenvalue weighted by Gasteiger charge is 2.42. The average molecular weight is 475 g/mol. The van der Waals surface area contributed by atoms with Crippen LogP contribution in [0.3, 0.4) is 0 Å². The van der Waals surface area contributed by atoms with Crippen LogP contribution in [0.4, 0.5) is 33.2 Å². The first-order valence-corrected chi connectivity index (χ1v) is 11.5. The number of anilines is 5. The fourth-order valence-corrected chi connectivity index (χ4v) is 4.29. The number of amides is 2. The van der Waals surface area contributed by atoms with Crippen molar-refractivity contribution in [3.8, 4) is 0 Å². The largest absolute Gasteiger partial charge is 0.349 e. The summed E-state index contributed by atoms with van der Waals surface area (Å²) >= 11 is 0. The lowest BCUT2D eigenvalue weighted by Crippen LogP contribution is -2.33. The zero-order chi connectivity index (χ0) is 24.9. The molecule has 8 nitrogen and oxygen atoms in total. The van der Waals surface area contributed by atoms with Gasteiger partial charge in [0.2, 0.25) is 11.9 Å². The molecule has 3 aromatic rings. The Morgan fingerprint density at radius 3 is 2.57 bits per heavy atom. The molecule has 35 heavy (non-hydrogen) atoms. The molecule has 2 N–H and O–H groups in total. The Labute approximate surface area is 203 Å². The van der Waals surface area contributed by atoms with Crippen molar-refractivity contribution in [1.29, 1.82) is 0 Å². The highest BCUT2D eigenvalue weighted by Crippen LogP contribution is 2.42. The second kappa shape index (κ2) is 8.33. The Morgan fingerprint density at radius 1 is 1.17 bits per heavy atom. The van der Waals surface area contributed by atoms with E-state index in [-0.39, 0.29) is 29.6 Å². The first-order chi connectivity index (χ1) is 16.6. The third-order valence-corrected chi connectivity index (χ3v) is 6.60. The lowest BCUT2D eigenvalue weighted by atomic mass is 9.86. The van der Waals surface area contributed by atoms with Gasteiger partial charge in [-0.3, -0.25) is 9.59 Å². The first-order valence-electron chi connectivity index (χ1n) is 11.5. The van der Waals surface area contributed by atoms with Gasteiger partial charge in [-0.2, -0.15) is 4.98 Å². The molecule has 0 radical (unpaired) electrons. The maximum absolute atomic E-state index is 14.7. The summed E-state index contributed by atoms with van der Waals surface area (Å²) in [6.45, 7) is 3.79. The fourth-order valence-electron chi connectivity index (χ4n) is 4.29. The van der Waals surface area contributed by atoms with E-state index < -0.39 is 11.2 Å². The van der Waals surface area contributed by atoms with Crippen LogP contribution < -0.4 is 20.4 Å². The van der Waals surface area contributed by atoms with Crippen LogP contribution in [0.2, 0.25) is 0 Å². The highest BCUT2D eigenvalue weighted by atomic mass is 19.1. The first kappa shape index (κ1) is 22.8. The SMILES string of the molecule is CN1C(=O)C(C)(C)c2cc(Nc3ncc(F)c(N(C)c4ccc(C(=O)NC5CC5)cc4)n3)ccc21. The number of rotatable bonds is 6. The van der Waals surface area contributed by atoms with Gasteiger partial charge in [0.1, 0.15) is 0 Å². The summed E-state index contributed by atoms with van der Waals surface area (Å²) in [6.07, 6.45) is 3.16. The standard InChI is InChI=1S/C26H27FN6O2/c1-26(2)19-13-17(9-12-21(19)33(4)24(26)35)30-25-28-14-20(27)22(31-25)32(3)18-10-5-15(6-11-18)23(34)29-16-7-8-16/h5-6,9-14,16H,7-8H2,1-4H3,(H,29,34)(H,28,30,31). The topological polar surface area (TPSA) is 90.5 Å². The maximum atomic E-state index is 14.7. The van der Waals surface area contributed by atoms with E-state index in [4.69, 9.17) is 0 Å². The molecule has 1 aliphatic carbocycles. The quantitative estimate of drug-likeness (QED) is 0.555. The van der Waals surface area contributed by atoms with Gasteiger partial charge >= 0.3 is 0 Å². The van der Waals surface area contributed by atoms with Crippen molar-refractivity contribution in [2.45, 2.75) is 38.1 Å². The van der Waals surface area contributed by atoms with E-state index in [0.717, 1.165) is 30.3 Å². The molecule has 0 unspecified atom stereocenters. The minimum absolute atomic E-state index is 0.0302. The monoisotopic (exact) mass is 474 g/mol. The zero-order valence-electron chi connectivity index (χ0n) is 20.1. The number of nitrogens with one attached hydrogen (secondary N) is 2. The molecule has 1 aromatic heterocycles. The zero-order valence-corrected chi connectivity index (χ0v) is 20.1. The van der Waals surface area contributed by atoms with Crippen molar-refractivity contribution in [2.24, 2.45) is 0 Å². The normalized spacial score (nSPS) is 16.1. The van der Waals surface area contributed by atoms with Crippen molar-refractivity contribution >= 4 is 40.6 Å². The van der Waals surface area contributed by atoms with Crippen molar-refractivity contribution in [3.63, 3.8) is 0 Å². The summed E-state index contributed by atoms with van der Waals surface area (Å²) < 4.78 is 14.7. The van der Waals surface area contributed by atoms with Gasteiger partial charge in [-0.25, -0.2) is 9.37 Å². The Kier molecular flexibility index (Phi) is 5.42. The number of carbonyl (C=O) groups is 2. The van der Waals surface area contributed by atoms with Crippen molar-refractivity contribution in [2.75, 3.05) is 29.2 Å². The van der Waals surface area contributed by atoms with Gasteiger partial charge in [-0.15, -0.1) is 0 Å². The van der Waals surface area contributed by atoms with E-state index in [1.54, 1.807) is 48.2 Å². The number of hydrogen-bond donors (Lipinski definition) is 2. The Hall–Kier alpha value is -4.01. The highest BCUT2D eigenvalue weighted by molar-refractivity contribution is 6.07. The number of nitrogens with zero attached hydrogens (tertiary/aromatic N) is 4. The summed E-state index contributed by atoms with van der Waals surface area (Å²) in [5, 5.41) is 6.08. The van der Waals surface area contributed by atoms with Crippen LogP contribution >= 0.6 is 0 Å². The van der Waals surface area contributed by atoms with E-state index in [9.17, 15) is 14.0 Å². The summed E-state index contributed by atoms with van der Waals surface area (Å²) in [5.41, 5.74) is 3.06. The molecule has 0 atom stereocenters. The molecule has 1 aliphatic heterocycles. The van der Waals surface area contributed by atoms with Crippen LogP contribution in [0, 0.1) is 5.82 Å². The minimum atomic E-state index is -0.640. The number of aromatic nitrogens is 2. The molecule has 9 heteroatoms. The average Bonchev–Trinajstić information content (AvgIpc) is 3.65. The summed E-state index contributed by atoms with van der Waals surface area (Å²) in [5.74, 6) is -0.330. The second-order valence-electron chi connectivity index (χ2n) is 9.56.